The molecule has 0 aliphatic rings. The van der Waals surface area contributed by atoms with Crippen LogP contribution in [-0.4, -0.2) is 20.2 Å². The quantitative estimate of drug-likeness (QED) is 0.832. The van der Waals surface area contributed by atoms with E-state index in [0.29, 0.717) is 10.2 Å². The van der Waals surface area contributed by atoms with Crippen molar-refractivity contribution < 1.29 is 4.39 Å². The average molecular weight is 258 g/mol. The highest BCUT2D eigenvalue weighted by atomic mass is 79.9. The maximum absolute atomic E-state index is 12.9. The lowest BCUT2D eigenvalue weighted by Crippen LogP contribution is -2.02. The molecule has 0 amide bonds. The Balaban J connectivity index is 2.53. The largest absolute Gasteiger partial charge is 0.366 e. The fourth-order valence-corrected chi connectivity index (χ4v) is 1.36. The molecular weight excluding hydrogens is 253 g/mol. The highest BCUT2D eigenvalue weighted by Gasteiger charge is 2.06. The van der Waals surface area contributed by atoms with Crippen LogP contribution < -0.4 is 5.73 Å². The number of benzene rings is 1. The van der Waals surface area contributed by atoms with Crippen LogP contribution in [0, 0.1) is 5.82 Å². The van der Waals surface area contributed by atoms with E-state index < -0.39 is 0 Å². The van der Waals surface area contributed by atoms with Gasteiger partial charge in [-0.2, -0.15) is 4.68 Å². The predicted molar refractivity (Wildman–Crippen MR) is 51.2 cm³/mol. The van der Waals surface area contributed by atoms with Gasteiger partial charge in [-0.15, -0.1) is 0 Å². The number of nitrogens with zero attached hydrogens (tertiary/aromatic N) is 4. The third-order valence-corrected chi connectivity index (χ3v) is 2.25. The van der Waals surface area contributed by atoms with Crippen molar-refractivity contribution >= 4 is 21.9 Å². The minimum Gasteiger partial charge on any atom is -0.366 e. The van der Waals surface area contributed by atoms with Gasteiger partial charge in [0.1, 0.15) is 5.82 Å². The Bertz CT molecular complexity index is 469. The van der Waals surface area contributed by atoms with E-state index in [2.05, 4.69) is 31.5 Å². The molecule has 0 aliphatic heterocycles. The molecule has 0 bridgehead atoms. The van der Waals surface area contributed by atoms with Gasteiger partial charge < -0.3 is 5.73 Å². The number of nitrogen functional groups attached to an aromatic ring is 1. The first-order valence-corrected chi connectivity index (χ1v) is 4.47. The Labute approximate surface area is 86.8 Å². The summed E-state index contributed by atoms with van der Waals surface area (Å²) >= 11 is 3.06. The van der Waals surface area contributed by atoms with E-state index in [1.807, 2.05) is 0 Å². The summed E-state index contributed by atoms with van der Waals surface area (Å²) in [4.78, 5) is 0. The van der Waals surface area contributed by atoms with Crippen molar-refractivity contribution in [1.29, 1.82) is 0 Å². The van der Waals surface area contributed by atoms with Crippen LogP contribution >= 0.6 is 15.9 Å². The van der Waals surface area contributed by atoms with E-state index >= 15 is 0 Å². The van der Waals surface area contributed by atoms with Gasteiger partial charge in [-0.3, -0.25) is 0 Å². The van der Waals surface area contributed by atoms with Gasteiger partial charge in [0.05, 0.1) is 10.2 Å². The lowest BCUT2D eigenvalue weighted by molar-refractivity contribution is 0.620. The van der Waals surface area contributed by atoms with E-state index in [0.717, 1.165) is 0 Å². The lowest BCUT2D eigenvalue weighted by Gasteiger charge is -2.01. The molecule has 0 fully saturated rings. The zero-order valence-corrected chi connectivity index (χ0v) is 8.44. The molecule has 7 heteroatoms. The Kier molecular flexibility index (Phi) is 2.16. The fourth-order valence-electron chi connectivity index (χ4n) is 0.995. The summed E-state index contributed by atoms with van der Waals surface area (Å²) in [5, 5.41) is 10.5. The fraction of sp³-hybridized carbons (Fsp3) is 0. The Hall–Kier alpha value is -1.50. The summed E-state index contributed by atoms with van der Waals surface area (Å²) in [5.74, 6) is -0.191. The van der Waals surface area contributed by atoms with E-state index in [1.165, 1.54) is 16.8 Å². The molecule has 5 nitrogen and oxygen atoms in total. The zero-order chi connectivity index (χ0) is 10.1. The molecule has 72 valence electrons. The van der Waals surface area contributed by atoms with E-state index in [4.69, 9.17) is 5.73 Å². The minimum atomic E-state index is -0.347. The number of anilines is 1. The summed E-state index contributed by atoms with van der Waals surface area (Å²) in [6.07, 6.45) is 0. The van der Waals surface area contributed by atoms with Crippen molar-refractivity contribution in [1.82, 2.24) is 20.2 Å². The van der Waals surface area contributed by atoms with Crippen LogP contribution in [0.5, 0.6) is 0 Å². The van der Waals surface area contributed by atoms with Crippen LogP contribution in [0.25, 0.3) is 5.69 Å². The molecule has 2 rings (SSSR count). The van der Waals surface area contributed by atoms with Gasteiger partial charge in [0, 0.05) is 0 Å². The molecule has 1 aromatic carbocycles. The first-order chi connectivity index (χ1) is 6.68. The monoisotopic (exact) mass is 257 g/mol. The van der Waals surface area contributed by atoms with E-state index in [1.54, 1.807) is 6.07 Å². The molecule has 1 aromatic heterocycles. The van der Waals surface area contributed by atoms with Crippen LogP contribution in [0.15, 0.2) is 22.7 Å². The van der Waals surface area contributed by atoms with Crippen LogP contribution in [-0.2, 0) is 0 Å². The van der Waals surface area contributed by atoms with Gasteiger partial charge in [-0.1, -0.05) is 5.10 Å². The number of hydrogen-bond donors (Lipinski definition) is 1. The van der Waals surface area contributed by atoms with Crippen molar-refractivity contribution in [2.24, 2.45) is 0 Å². The van der Waals surface area contributed by atoms with Crippen LogP contribution in [0.1, 0.15) is 0 Å². The third kappa shape index (κ3) is 1.46. The smallest absolute Gasteiger partial charge is 0.245 e. The Morgan fingerprint density at radius 2 is 2.21 bits per heavy atom. The maximum Gasteiger partial charge on any atom is 0.245 e. The third-order valence-electron chi connectivity index (χ3n) is 1.64. The molecule has 1 heterocycles. The molecule has 14 heavy (non-hydrogen) atoms. The first kappa shape index (κ1) is 9.07. The van der Waals surface area contributed by atoms with Crippen molar-refractivity contribution in [3.8, 4) is 5.69 Å². The zero-order valence-electron chi connectivity index (χ0n) is 6.85. The van der Waals surface area contributed by atoms with E-state index in [-0.39, 0.29) is 11.8 Å². The SMILES string of the molecule is Nc1nnnn1-c1ccc(F)c(Br)c1. The Morgan fingerprint density at radius 1 is 1.43 bits per heavy atom. The van der Waals surface area contributed by atoms with Crippen molar-refractivity contribution in [2.75, 3.05) is 5.73 Å². The summed E-state index contributed by atoms with van der Waals surface area (Å²) in [7, 11) is 0. The first-order valence-electron chi connectivity index (χ1n) is 3.68. The second-order valence-corrected chi connectivity index (χ2v) is 3.40. The highest BCUT2D eigenvalue weighted by molar-refractivity contribution is 9.10. The molecule has 0 saturated carbocycles. The van der Waals surface area contributed by atoms with E-state index in [9.17, 15) is 4.39 Å². The molecule has 0 spiro atoms. The summed E-state index contributed by atoms with van der Waals surface area (Å²) < 4.78 is 14.5. The molecule has 0 aliphatic carbocycles. The molecule has 0 atom stereocenters. The Morgan fingerprint density at radius 3 is 2.79 bits per heavy atom. The van der Waals surface area contributed by atoms with Crippen LogP contribution in [0.3, 0.4) is 0 Å². The minimum absolute atomic E-state index is 0.156. The number of tetrazole rings is 1. The van der Waals surface area contributed by atoms with Gasteiger partial charge in [-0.05, 0) is 44.6 Å². The maximum atomic E-state index is 12.9. The van der Waals surface area contributed by atoms with Crippen molar-refractivity contribution in [3.05, 3.63) is 28.5 Å². The molecule has 2 N–H and O–H groups in total. The molecule has 2 aromatic rings. The molecule has 0 unspecified atom stereocenters. The van der Waals surface area contributed by atoms with Gasteiger partial charge in [0.15, 0.2) is 0 Å². The number of hydrogen-bond acceptors (Lipinski definition) is 4. The normalized spacial score (nSPS) is 10.4. The van der Waals surface area contributed by atoms with Gasteiger partial charge in [0.25, 0.3) is 0 Å². The molecular formula is C7H5BrFN5. The van der Waals surface area contributed by atoms with Gasteiger partial charge in [-0.25, -0.2) is 4.39 Å². The van der Waals surface area contributed by atoms with Crippen molar-refractivity contribution in [3.63, 3.8) is 0 Å². The van der Waals surface area contributed by atoms with Crippen LogP contribution in [0.4, 0.5) is 10.3 Å². The summed E-state index contributed by atoms with van der Waals surface area (Å²) in [6.45, 7) is 0. The summed E-state index contributed by atoms with van der Waals surface area (Å²) in [5.41, 5.74) is 6.08. The second-order valence-electron chi connectivity index (χ2n) is 2.55. The predicted octanol–water partition coefficient (Wildman–Crippen LogP) is 1.15. The molecule has 0 saturated heterocycles. The van der Waals surface area contributed by atoms with Crippen LogP contribution in [0.2, 0.25) is 0 Å². The standard InChI is InChI=1S/C7H5BrFN5/c8-5-3-4(1-2-6(5)9)14-7(10)11-12-13-14/h1-3H,(H2,10,11,13). The van der Waals surface area contributed by atoms with Gasteiger partial charge in [0.2, 0.25) is 5.95 Å². The highest BCUT2D eigenvalue weighted by Crippen LogP contribution is 2.19. The topological polar surface area (TPSA) is 69.6 Å². The number of aromatic nitrogens is 4. The van der Waals surface area contributed by atoms with Crippen molar-refractivity contribution in [2.45, 2.75) is 0 Å². The second kappa shape index (κ2) is 3.33. The average Bonchev–Trinajstić information content (AvgIpc) is 2.57. The lowest BCUT2D eigenvalue weighted by atomic mass is 10.3. The molecule has 0 radical (unpaired) electrons. The van der Waals surface area contributed by atoms with Gasteiger partial charge >= 0.3 is 0 Å². The summed E-state index contributed by atoms with van der Waals surface area (Å²) in [6, 6.07) is 4.38. The number of rotatable bonds is 1. The number of halogens is 2. The number of nitrogens with two attached hydrogens (primary N) is 1.